The number of rotatable bonds is 4. The average Bonchev–Trinajstić information content (AvgIpc) is 2.96. The molecule has 0 aliphatic carbocycles. The molecule has 2 aromatic heterocycles. The van der Waals surface area contributed by atoms with E-state index in [0.717, 1.165) is 16.5 Å². The second-order valence-electron chi connectivity index (χ2n) is 3.92. The van der Waals surface area contributed by atoms with Gasteiger partial charge in [-0.15, -0.1) is 5.10 Å². The van der Waals surface area contributed by atoms with E-state index in [1.165, 1.54) is 11.8 Å². The van der Waals surface area contributed by atoms with Crippen molar-refractivity contribution in [3.8, 4) is 5.69 Å². The molecule has 20 heavy (non-hydrogen) atoms. The minimum atomic E-state index is 0.596. The lowest BCUT2D eigenvalue weighted by Crippen LogP contribution is -2.01. The van der Waals surface area contributed by atoms with Crippen LogP contribution in [-0.2, 0) is 5.75 Å². The molecule has 1 aromatic carbocycles. The minimum absolute atomic E-state index is 0.596. The van der Waals surface area contributed by atoms with E-state index in [1.54, 1.807) is 16.9 Å². The Kier molecular flexibility index (Phi) is 3.94. The first-order valence-corrected chi connectivity index (χ1v) is 7.27. The molecule has 0 saturated carbocycles. The van der Waals surface area contributed by atoms with Crippen molar-refractivity contribution in [1.29, 1.82) is 0 Å². The number of benzene rings is 1. The fraction of sp³-hybridized carbons (Fsp3) is 0.0769. The molecule has 7 heteroatoms. The Morgan fingerprint density at radius 3 is 2.75 bits per heavy atom. The summed E-state index contributed by atoms with van der Waals surface area (Å²) in [7, 11) is 0. The Morgan fingerprint density at radius 2 is 1.95 bits per heavy atom. The number of halogens is 1. The van der Waals surface area contributed by atoms with Gasteiger partial charge in [0, 0.05) is 6.20 Å². The summed E-state index contributed by atoms with van der Waals surface area (Å²) in [4.78, 5) is 4.23. The molecule has 3 rings (SSSR count). The smallest absolute Gasteiger partial charge is 0.166 e. The van der Waals surface area contributed by atoms with Crippen LogP contribution >= 0.6 is 23.4 Å². The number of aromatic nitrogens is 5. The minimum Gasteiger partial charge on any atom is -0.248 e. The Labute approximate surface area is 125 Å². The van der Waals surface area contributed by atoms with E-state index in [9.17, 15) is 0 Å². The zero-order valence-corrected chi connectivity index (χ0v) is 11.9. The third-order valence-electron chi connectivity index (χ3n) is 2.60. The van der Waals surface area contributed by atoms with Crippen LogP contribution in [0.5, 0.6) is 0 Å². The number of para-hydroxylation sites is 1. The summed E-state index contributed by atoms with van der Waals surface area (Å²) in [5.74, 6) is 1.35. The molecular formula is C13H10ClN5S. The highest BCUT2D eigenvalue weighted by atomic mass is 35.5. The number of pyridine rings is 1. The van der Waals surface area contributed by atoms with Gasteiger partial charge in [0.1, 0.15) is 5.03 Å². The largest absolute Gasteiger partial charge is 0.248 e. The summed E-state index contributed by atoms with van der Waals surface area (Å²) in [6, 6.07) is 13.4. The second kappa shape index (κ2) is 6.02. The predicted octanol–water partition coefficient (Wildman–Crippen LogP) is 3.00. The van der Waals surface area contributed by atoms with Crippen molar-refractivity contribution in [3.05, 3.63) is 59.5 Å². The molecule has 5 nitrogen and oxygen atoms in total. The van der Waals surface area contributed by atoms with Crippen LogP contribution in [0.15, 0.2) is 53.7 Å². The quantitative estimate of drug-likeness (QED) is 0.694. The molecule has 100 valence electrons. The Balaban J connectivity index is 1.80. The lowest BCUT2D eigenvalue weighted by Gasteiger charge is -2.04. The van der Waals surface area contributed by atoms with Gasteiger partial charge in [-0.2, -0.15) is 4.68 Å². The Hall–Kier alpha value is -1.92. The highest BCUT2D eigenvalue weighted by molar-refractivity contribution is 7.98. The van der Waals surface area contributed by atoms with E-state index in [0.29, 0.717) is 10.8 Å². The third kappa shape index (κ3) is 2.81. The Morgan fingerprint density at radius 1 is 1.10 bits per heavy atom. The highest BCUT2D eigenvalue weighted by Gasteiger charge is 2.10. The molecule has 0 spiro atoms. The summed E-state index contributed by atoms with van der Waals surface area (Å²) in [6.07, 6.45) is 1.72. The van der Waals surface area contributed by atoms with Gasteiger partial charge in [0.05, 0.1) is 16.5 Å². The van der Waals surface area contributed by atoms with Crippen LogP contribution in [0.25, 0.3) is 5.69 Å². The standard InChI is InChI=1S/C13H10ClN5S/c14-11-7-4-8-15-13(11)20-9-12-16-17-18-19(12)10-5-2-1-3-6-10/h1-8H,9H2. The van der Waals surface area contributed by atoms with Gasteiger partial charge in [0.2, 0.25) is 0 Å². The van der Waals surface area contributed by atoms with Gasteiger partial charge in [-0.05, 0) is 34.7 Å². The first-order valence-electron chi connectivity index (χ1n) is 5.90. The van der Waals surface area contributed by atoms with Crippen molar-refractivity contribution >= 4 is 23.4 Å². The maximum Gasteiger partial charge on any atom is 0.166 e. The van der Waals surface area contributed by atoms with Crippen molar-refractivity contribution in [2.45, 2.75) is 10.8 Å². The number of nitrogens with zero attached hydrogens (tertiary/aromatic N) is 5. The average molecular weight is 304 g/mol. The van der Waals surface area contributed by atoms with Gasteiger partial charge >= 0.3 is 0 Å². The molecule has 0 N–H and O–H groups in total. The van der Waals surface area contributed by atoms with E-state index in [2.05, 4.69) is 20.5 Å². The molecule has 0 fully saturated rings. The molecular weight excluding hydrogens is 294 g/mol. The van der Waals surface area contributed by atoms with Gasteiger partial charge in [-0.1, -0.05) is 41.6 Å². The van der Waals surface area contributed by atoms with Crippen LogP contribution in [0, 0.1) is 0 Å². The van der Waals surface area contributed by atoms with E-state index in [-0.39, 0.29) is 0 Å². The molecule has 0 saturated heterocycles. The van der Waals surface area contributed by atoms with E-state index in [4.69, 9.17) is 11.6 Å². The lowest BCUT2D eigenvalue weighted by molar-refractivity contribution is 0.777. The fourth-order valence-electron chi connectivity index (χ4n) is 1.68. The first-order chi connectivity index (χ1) is 9.84. The maximum atomic E-state index is 6.08. The van der Waals surface area contributed by atoms with Gasteiger partial charge < -0.3 is 0 Å². The molecule has 0 amide bonds. The maximum absolute atomic E-state index is 6.08. The summed E-state index contributed by atoms with van der Waals surface area (Å²) in [5, 5.41) is 13.2. The second-order valence-corrected chi connectivity index (χ2v) is 5.29. The van der Waals surface area contributed by atoms with Crippen LogP contribution in [-0.4, -0.2) is 25.2 Å². The summed E-state index contributed by atoms with van der Waals surface area (Å²) >= 11 is 7.59. The van der Waals surface area contributed by atoms with Crippen molar-refractivity contribution < 1.29 is 0 Å². The third-order valence-corrected chi connectivity index (χ3v) is 4.02. The van der Waals surface area contributed by atoms with E-state index < -0.39 is 0 Å². The molecule has 3 aromatic rings. The molecule has 0 aliphatic heterocycles. The summed E-state index contributed by atoms with van der Waals surface area (Å²) in [6.45, 7) is 0. The van der Waals surface area contributed by atoms with Crippen LogP contribution in [0.4, 0.5) is 0 Å². The molecule has 0 bridgehead atoms. The number of hydrogen-bond donors (Lipinski definition) is 0. The zero-order valence-electron chi connectivity index (χ0n) is 10.3. The van der Waals surface area contributed by atoms with E-state index >= 15 is 0 Å². The van der Waals surface area contributed by atoms with Gasteiger partial charge in [-0.25, -0.2) is 4.98 Å². The van der Waals surface area contributed by atoms with Crippen molar-refractivity contribution in [3.63, 3.8) is 0 Å². The molecule has 2 heterocycles. The van der Waals surface area contributed by atoms with Gasteiger partial charge in [0.25, 0.3) is 0 Å². The van der Waals surface area contributed by atoms with Crippen molar-refractivity contribution in [2.75, 3.05) is 0 Å². The summed E-state index contributed by atoms with van der Waals surface area (Å²) < 4.78 is 1.71. The number of thioether (sulfide) groups is 1. The van der Waals surface area contributed by atoms with Crippen LogP contribution < -0.4 is 0 Å². The van der Waals surface area contributed by atoms with Crippen LogP contribution in [0.1, 0.15) is 5.82 Å². The molecule has 0 unspecified atom stereocenters. The fourth-order valence-corrected chi connectivity index (χ4v) is 2.75. The van der Waals surface area contributed by atoms with Crippen molar-refractivity contribution in [2.24, 2.45) is 0 Å². The van der Waals surface area contributed by atoms with Crippen LogP contribution in [0.2, 0.25) is 5.02 Å². The topological polar surface area (TPSA) is 56.5 Å². The van der Waals surface area contributed by atoms with Crippen LogP contribution in [0.3, 0.4) is 0 Å². The Bertz CT molecular complexity index is 701. The normalized spacial score (nSPS) is 10.7. The van der Waals surface area contributed by atoms with Gasteiger partial charge in [-0.3, -0.25) is 0 Å². The van der Waals surface area contributed by atoms with E-state index in [1.807, 2.05) is 36.4 Å². The van der Waals surface area contributed by atoms with Crippen molar-refractivity contribution in [1.82, 2.24) is 25.2 Å². The zero-order chi connectivity index (χ0) is 13.8. The number of hydrogen-bond acceptors (Lipinski definition) is 5. The predicted molar refractivity (Wildman–Crippen MR) is 78.0 cm³/mol. The lowest BCUT2D eigenvalue weighted by atomic mass is 10.3. The molecule has 0 aliphatic rings. The summed E-state index contributed by atoms with van der Waals surface area (Å²) in [5.41, 5.74) is 0.931. The molecule has 0 radical (unpaired) electrons. The number of tetrazole rings is 1. The monoisotopic (exact) mass is 303 g/mol. The first kappa shape index (κ1) is 13.1. The SMILES string of the molecule is Clc1cccnc1SCc1nnnn1-c1ccccc1. The molecule has 0 atom stereocenters. The van der Waals surface area contributed by atoms with Gasteiger partial charge in [0.15, 0.2) is 5.82 Å². The highest BCUT2D eigenvalue weighted by Crippen LogP contribution is 2.26.